The molecular weight excluding hydrogens is 392 g/mol. The average molecular weight is 408 g/mol. The molecular formula is C16H16N4O7S. The van der Waals surface area contributed by atoms with Gasteiger partial charge in [-0.2, -0.15) is 8.42 Å². The second kappa shape index (κ2) is 8.10. The molecule has 148 valence electrons. The van der Waals surface area contributed by atoms with Crippen LogP contribution in [0.25, 0.3) is 0 Å². The minimum Gasteiger partial charge on any atom is -0.478 e. The van der Waals surface area contributed by atoms with Crippen molar-refractivity contribution in [3.8, 4) is 0 Å². The zero-order chi connectivity index (χ0) is 21.1. The van der Waals surface area contributed by atoms with Gasteiger partial charge in [0.2, 0.25) is 0 Å². The predicted octanol–water partition coefficient (Wildman–Crippen LogP) is 3.37. The van der Waals surface area contributed by atoms with Crippen molar-refractivity contribution in [1.29, 1.82) is 0 Å². The molecule has 12 heteroatoms. The van der Waals surface area contributed by atoms with Crippen LogP contribution in [0.5, 0.6) is 0 Å². The number of nitro groups is 1. The van der Waals surface area contributed by atoms with E-state index < -0.39 is 31.5 Å². The van der Waals surface area contributed by atoms with E-state index in [4.69, 9.17) is 4.55 Å². The number of hydrogen-bond acceptors (Lipinski definition) is 7. The highest BCUT2D eigenvalue weighted by atomic mass is 32.2. The van der Waals surface area contributed by atoms with Gasteiger partial charge in [0, 0.05) is 18.7 Å². The molecule has 0 fully saturated rings. The van der Waals surface area contributed by atoms with Crippen molar-refractivity contribution in [3.05, 3.63) is 57.6 Å². The van der Waals surface area contributed by atoms with Crippen LogP contribution in [-0.4, -0.2) is 35.5 Å². The van der Waals surface area contributed by atoms with Crippen molar-refractivity contribution in [2.24, 2.45) is 10.3 Å². The highest BCUT2D eigenvalue weighted by Crippen LogP contribution is 2.27. The van der Waals surface area contributed by atoms with Gasteiger partial charge in [0.05, 0.1) is 26.8 Å². The van der Waals surface area contributed by atoms with Gasteiger partial charge in [0.15, 0.2) is 0 Å². The summed E-state index contributed by atoms with van der Waals surface area (Å²) < 4.78 is 31.6. The maximum Gasteiger partial charge on any atom is 0.337 e. The van der Waals surface area contributed by atoms with E-state index >= 15 is 0 Å². The van der Waals surface area contributed by atoms with Crippen LogP contribution in [-0.2, 0) is 10.1 Å². The normalized spacial score (nSPS) is 11.5. The predicted molar refractivity (Wildman–Crippen MR) is 98.6 cm³/mol. The summed E-state index contributed by atoms with van der Waals surface area (Å²) in [6.45, 7) is 3.48. The second-order valence-corrected chi connectivity index (χ2v) is 7.01. The third-order valence-electron chi connectivity index (χ3n) is 3.73. The van der Waals surface area contributed by atoms with E-state index in [0.717, 1.165) is 12.1 Å². The van der Waals surface area contributed by atoms with Gasteiger partial charge in [-0.15, -0.1) is 5.11 Å². The zero-order valence-electron chi connectivity index (χ0n) is 14.8. The summed E-state index contributed by atoms with van der Waals surface area (Å²) in [6, 6.07) is 7.06. The van der Waals surface area contributed by atoms with Crippen LogP contribution in [0.15, 0.2) is 51.6 Å². The fourth-order valence-electron chi connectivity index (χ4n) is 2.32. The Kier molecular flexibility index (Phi) is 6.06. The number of rotatable bonds is 7. The number of aromatic carboxylic acids is 1. The Morgan fingerprint density at radius 3 is 2.43 bits per heavy atom. The maximum absolute atomic E-state index is 11.5. The van der Waals surface area contributed by atoms with Gasteiger partial charge in [0.25, 0.3) is 15.8 Å². The molecule has 2 aromatic rings. The van der Waals surface area contributed by atoms with E-state index in [9.17, 15) is 28.4 Å². The molecule has 0 amide bonds. The molecule has 0 radical (unpaired) electrons. The Hall–Kier alpha value is -3.38. The lowest BCUT2D eigenvalue weighted by Gasteiger charge is -2.18. The fraction of sp³-hybridized carbons (Fsp3) is 0.188. The highest BCUT2D eigenvalue weighted by Gasteiger charge is 2.20. The van der Waals surface area contributed by atoms with Crippen molar-refractivity contribution in [2.75, 3.05) is 11.6 Å². The van der Waals surface area contributed by atoms with Gasteiger partial charge in [-0.25, -0.2) is 9.80 Å². The van der Waals surface area contributed by atoms with Gasteiger partial charge >= 0.3 is 5.97 Å². The third-order valence-corrected chi connectivity index (χ3v) is 4.58. The van der Waals surface area contributed by atoms with Gasteiger partial charge in [-0.3, -0.25) is 14.7 Å². The Bertz CT molecular complexity index is 1070. The number of non-ortho nitro benzene ring substituents is 1. The molecule has 0 heterocycles. The molecule has 0 saturated heterocycles. The molecule has 28 heavy (non-hydrogen) atoms. The lowest BCUT2D eigenvalue weighted by molar-refractivity contribution is -0.384. The van der Waals surface area contributed by atoms with Crippen molar-refractivity contribution in [3.63, 3.8) is 0 Å². The second-order valence-electron chi connectivity index (χ2n) is 5.59. The third kappa shape index (κ3) is 4.66. The monoisotopic (exact) mass is 408 g/mol. The summed E-state index contributed by atoms with van der Waals surface area (Å²) in [5, 5.41) is 29.3. The molecule has 0 atom stereocenters. The molecule has 11 nitrogen and oxygen atoms in total. The first-order valence-electron chi connectivity index (χ1n) is 7.83. The van der Waals surface area contributed by atoms with Crippen LogP contribution in [0.1, 0.15) is 22.8 Å². The first kappa shape index (κ1) is 20.9. The lowest BCUT2D eigenvalue weighted by atomic mass is 10.1. The van der Waals surface area contributed by atoms with E-state index in [1.807, 2.05) is 0 Å². The zero-order valence-corrected chi connectivity index (χ0v) is 15.6. The lowest BCUT2D eigenvalue weighted by Crippen LogP contribution is -2.18. The molecule has 0 bridgehead atoms. The van der Waals surface area contributed by atoms with Crippen molar-refractivity contribution in [1.82, 2.24) is 0 Å². The minimum atomic E-state index is -4.57. The highest BCUT2D eigenvalue weighted by molar-refractivity contribution is 7.85. The molecule has 0 aliphatic rings. The SMILES string of the molecule is CCN(N=Nc1ccc([N+](=O)[O-])cc1C)c1ccc(S(=O)(=O)O)cc1C(=O)O. The van der Waals surface area contributed by atoms with E-state index in [1.54, 1.807) is 13.8 Å². The molecule has 0 aromatic heterocycles. The minimum absolute atomic E-state index is 0.0608. The van der Waals surface area contributed by atoms with E-state index in [2.05, 4.69) is 10.3 Å². The van der Waals surface area contributed by atoms with Crippen LogP contribution in [0.2, 0.25) is 0 Å². The van der Waals surface area contributed by atoms with Gasteiger partial charge in [-0.05, 0) is 43.7 Å². The average Bonchev–Trinajstić information content (AvgIpc) is 2.62. The molecule has 2 rings (SSSR count). The quantitative estimate of drug-likeness (QED) is 0.305. The Balaban J connectivity index is 2.44. The molecule has 0 unspecified atom stereocenters. The fourth-order valence-corrected chi connectivity index (χ4v) is 2.83. The number of hydrogen-bond donors (Lipinski definition) is 2. The summed E-state index contributed by atoms with van der Waals surface area (Å²) in [4.78, 5) is 21.2. The summed E-state index contributed by atoms with van der Waals surface area (Å²) in [5.74, 6) is -1.42. The number of anilines is 1. The molecule has 0 aliphatic heterocycles. The first-order valence-corrected chi connectivity index (χ1v) is 9.27. The van der Waals surface area contributed by atoms with E-state index in [0.29, 0.717) is 11.3 Å². The largest absolute Gasteiger partial charge is 0.478 e. The number of nitro benzene ring substituents is 1. The van der Waals surface area contributed by atoms with Gasteiger partial charge in [-0.1, -0.05) is 5.22 Å². The summed E-state index contributed by atoms with van der Waals surface area (Å²) in [6.07, 6.45) is 0. The molecule has 0 spiro atoms. The molecule has 0 aliphatic carbocycles. The van der Waals surface area contributed by atoms with E-state index in [-0.39, 0.29) is 17.9 Å². The summed E-state index contributed by atoms with van der Waals surface area (Å²) >= 11 is 0. The van der Waals surface area contributed by atoms with Crippen LogP contribution < -0.4 is 5.01 Å². The van der Waals surface area contributed by atoms with Crippen LogP contribution in [0.3, 0.4) is 0 Å². The van der Waals surface area contributed by atoms with Crippen LogP contribution in [0, 0.1) is 17.0 Å². The smallest absolute Gasteiger partial charge is 0.337 e. The summed E-state index contributed by atoms with van der Waals surface area (Å²) in [7, 11) is -4.57. The number of carboxylic acid groups (broad SMARTS) is 1. The topological polar surface area (TPSA) is 163 Å². The number of aryl methyl sites for hydroxylation is 1. The standard InChI is InChI=1S/C16H16N4O7S/c1-3-19(18-17-14-6-4-11(20(23)24)8-10(14)2)15-7-5-12(28(25,26)27)9-13(15)16(21)22/h4-9H,3H2,1-2H3,(H,21,22)(H,25,26,27). The van der Waals surface area contributed by atoms with Crippen LogP contribution >= 0.6 is 0 Å². The van der Waals surface area contributed by atoms with Gasteiger partial charge in [0.1, 0.15) is 0 Å². The molecule has 2 N–H and O–H groups in total. The number of nitrogens with zero attached hydrogens (tertiary/aromatic N) is 4. The summed E-state index contributed by atoms with van der Waals surface area (Å²) in [5.41, 5.74) is 0.407. The first-order chi connectivity index (χ1) is 13.0. The van der Waals surface area contributed by atoms with Crippen molar-refractivity contribution in [2.45, 2.75) is 18.7 Å². The van der Waals surface area contributed by atoms with Crippen LogP contribution in [0.4, 0.5) is 17.1 Å². The number of benzene rings is 2. The van der Waals surface area contributed by atoms with E-state index in [1.165, 1.54) is 29.3 Å². The maximum atomic E-state index is 11.5. The van der Waals surface area contributed by atoms with Gasteiger partial charge < -0.3 is 5.11 Å². The molecule has 2 aromatic carbocycles. The Morgan fingerprint density at radius 2 is 1.93 bits per heavy atom. The number of carbonyl (C=O) groups is 1. The van der Waals surface area contributed by atoms with Crippen molar-refractivity contribution < 1.29 is 27.8 Å². The number of carboxylic acids is 1. The van der Waals surface area contributed by atoms with Crippen molar-refractivity contribution >= 4 is 33.1 Å². The Labute approximate surface area is 159 Å². The Morgan fingerprint density at radius 1 is 1.25 bits per heavy atom. The molecule has 0 saturated carbocycles.